The van der Waals surface area contributed by atoms with Crippen molar-refractivity contribution in [2.75, 3.05) is 19.8 Å². The zero-order valence-electron chi connectivity index (χ0n) is 11.0. The molecule has 1 atom stereocenters. The van der Waals surface area contributed by atoms with E-state index in [1.165, 1.54) is 41.3 Å². The molecule has 18 heavy (non-hydrogen) atoms. The molecule has 2 rings (SSSR count). The Hall–Kier alpha value is -0.380. The summed E-state index contributed by atoms with van der Waals surface area (Å²) in [5.41, 5.74) is 2.93. The molecule has 1 unspecified atom stereocenters. The summed E-state index contributed by atoms with van der Waals surface area (Å²) in [6, 6.07) is 7.01. The first-order valence-corrected chi connectivity index (χ1v) is 7.70. The third kappa shape index (κ3) is 3.56. The zero-order valence-corrected chi connectivity index (χ0v) is 12.6. The molecule has 0 heterocycles. The van der Waals surface area contributed by atoms with E-state index in [0.717, 1.165) is 19.8 Å². The summed E-state index contributed by atoms with van der Waals surface area (Å²) in [5, 5.41) is 3.60. The standard InChI is InChI=1S/C15H22BrNO/c1-2-3-10-18-11-9-17-15-8-7-12-13(15)5-4-6-14(12)16/h4-6,15,17H,2-3,7-11H2,1H3. The van der Waals surface area contributed by atoms with Crippen molar-refractivity contribution in [1.82, 2.24) is 5.32 Å². The Bertz CT molecular complexity index is 381. The van der Waals surface area contributed by atoms with Crippen molar-refractivity contribution < 1.29 is 4.74 Å². The Morgan fingerprint density at radius 3 is 3.11 bits per heavy atom. The summed E-state index contributed by atoms with van der Waals surface area (Å²) in [4.78, 5) is 0. The molecule has 0 aliphatic heterocycles. The molecule has 1 aliphatic carbocycles. The van der Waals surface area contributed by atoms with Crippen LogP contribution in [0.15, 0.2) is 22.7 Å². The van der Waals surface area contributed by atoms with Gasteiger partial charge in [0.05, 0.1) is 6.61 Å². The molecule has 1 aromatic carbocycles. The van der Waals surface area contributed by atoms with E-state index in [4.69, 9.17) is 4.74 Å². The molecule has 0 saturated heterocycles. The summed E-state index contributed by atoms with van der Waals surface area (Å²) >= 11 is 3.63. The molecule has 1 aromatic rings. The lowest BCUT2D eigenvalue weighted by atomic mass is 10.1. The van der Waals surface area contributed by atoms with Crippen molar-refractivity contribution in [3.63, 3.8) is 0 Å². The molecule has 0 amide bonds. The monoisotopic (exact) mass is 311 g/mol. The van der Waals surface area contributed by atoms with Crippen LogP contribution in [0.4, 0.5) is 0 Å². The Morgan fingerprint density at radius 1 is 1.39 bits per heavy atom. The van der Waals surface area contributed by atoms with Crippen molar-refractivity contribution >= 4 is 15.9 Å². The minimum atomic E-state index is 0.507. The minimum Gasteiger partial charge on any atom is -0.380 e. The van der Waals surface area contributed by atoms with Gasteiger partial charge in [0.15, 0.2) is 0 Å². The van der Waals surface area contributed by atoms with E-state index in [2.05, 4.69) is 46.4 Å². The lowest BCUT2D eigenvalue weighted by molar-refractivity contribution is 0.131. The third-order valence-corrected chi connectivity index (χ3v) is 4.24. The number of ether oxygens (including phenoxy) is 1. The second kappa shape index (κ2) is 7.27. The van der Waals surface area contributed by atoms with Gasteiger partial charge in [0, 0.05) is 23.7 Å². The first-order chi connectivity index (χ1) is 8.83. The second-order valence-corrected chi connectivity index (χ2v) is 5.67. The van der Waals surface area contributed by atoms with Crippen LogP contribution in [0.3, 0.4) is 0 Å². The second-order valence-electron chi connectivity index (χ2n) is 4.82. The van der Waals surface area contributed by atoms with Crippen LogP contribution in [0.2, 0.25) is 0 Å². The van der Waals surface area contributed by atoms with Crippen molar-refractivity contribution in [1.29, 1.82) is 0 Å². The predicted molar refractivity (Wildman–Crippen MR) is 78.9 cm³/mol. The van der Waals surface area contributed by atoms with Gasteiger partial charge < -0.3 is 10.1 Å². The van der Waals surface area contributed by atoms with Gasteiger partial charge in [-0.15, -0.1) is 0 Å². The Labute approximate surface area is 118 Å². The van der Waals surface area contributed by atoms with Crippen LogP contribution in [-0.4, -0.2) is 19.8 Å². The van der Waals surface area contributed by atoms with Crippen LogP contribution >= 0.6 is 15.9 Å². The molecule has 100 valence electrons. The molecule has 0 fully saturated rings. The molecule has 0 radical (unpaired) electrons. The fourth-order valence-corrected chi connectivity index (χ4v) is 3.06. The minimum absolute atomic E-state index is 0.507. The van der Waals surface area contributed by atoms with Crippen LogP contribution in [0.5, 0.6) is 0 Å². The molecule has 0 bridgehead atoms. The third-order valence-electron chi connectivity index (χ3n) is 3.49. The molecule has 1 aliphatic rings. The number of hydrogen-bond donors (Lipinski definition) is 1. The SMILES string of the molecule is CCCCOCCNC1CCc2c(Br)cccc21. The summed E-state index contributed by atoms with van der Waals surface area (Å²) in [5.74, 6) is 0. The number of nitrogens with one attached hydrogen (secondary N) is 1. The highest BCUT2D eigenvalue weighted by molar-refractivity contribution is 9.10. The van der Waals surface area contributed by atoms with Crippen LogP contribution in [-0.2, 0) is 11.2 Å². The average molecular weight is 312 g/mol. The van der Waals surface area contributed by atoms with Gasteiger partial charge >= 0.3 is 0 Å². The number of unbranched alkanes of at least 4 members (excludes halogenated alkanes) is 1. The molecule has 2 nitrogen and oxygen atoms in total. The van der Waals surface area contributed by atoms with Gasteiger partial charge in [-0.3, -0.25) is 0 Å². The normalized spacial score (nSPS) is 18.0. The molecular weight excluding hydrogens is 290 g/mol. The van der Waals surface area contributed by atoms with E-state index in [1.54, 1.807) is 0 Å². The van der Waals surface area contributed by atoms with E-state index in [9.17, 15) is 0 Å². The lowest BCUT2D eigenvalue weighted by Gasteiger charge is -2.14. The topological polar surface area (TPSA) is 21.3 Å². The van der Waals surface area contributed by atoms with E-state index in [-0.39, 0.29) is 0 Å². The van der Waals surface area contributed by atoms with Crippen molar-refractivity contribution in [3.05, 3.63) is 33.8 Å². The van der Waals surface area contributed by atoms with Gasteiger partial charge in [-0.25, -0.2) is 0 Å². The molecule has 1 N–H and O–H groups in total. The molecule has 0 saturated carbocycles. The summed E-state index contributed by atoms with van der Waals surface area (Å²) < 4.78 is 6.83. The highest BCUT2D eigenvalue weighted by Crippen LogP contribution is 2.35. The number of halogens is 1. The predicted octanol–water partition coefficient (Wildman–Crippen LogP) is 3.84. The maximum Gasteiger partial charge on any atom is 0.0591 e. The Kier molecular flexibility index (Phi) is 5.67. The van der Waals surface area contributed by atoms with Crippen LogP contribution in [0.25, 0.3) is 0 Å². The van der Waals surface area contributed by atoms with Crippen LogP contribution in [0.1, 0.15) is 43.4 Å². The Morgan fingerprint density at radius 2 is 2.28 bits per heavy atom. The van der Waals surface area contributed by atoms with E-state index >= 15 is 0 Å². The summed E-state index contributed by atoms with van der Waals surface area (Å²) in [7, 11) is 0. The lowest BCUT2D eigenvalue weighted by Crippen LogP contribution is -2.23. The fourth-order valence-electron chi connectivity index (χ4n) is 2.48. The zero-order chi connectivity index (χ0) is 12.8. The first-order valence-electron chi connectivity index (χ1n) is 6.91. The number of rotatable bonds is 7. The van der Waals surface area contributed by atoms with Crippen molar-refractivity contribution in [2.45, 2.75) is 38.6 Å². The number of hydrogen-bond acceptors (Lipinski definition) is 2. The smallest absolute Gasteiger partial charge is 0.0591 e. The van der Waals surface area contributed by atoms with Crippen molar-refractivity contribution in [2.24, 2.45) is 0 Å². The van der Waals surface area contributed by atoms with E-state index < -0.39 is 0 Å². The van der Waals surface area contributed by atoms with Gasteiger partial charge in [-0.1, -0.05) is 41.4 Å². The van der Waals surface area contributed by atoms with E-state index in [0.29, 0.717) is 6.04 Å². The van der Waals surface area contributed by atoms with Gasteiger partial charge in [0.2, 0.25) is 0 Å². The summed E-state index contributed by atoms with van der Waals surface area (Å²) in [6.07, 6.45) is 4.74. The molecule has 0 spiro atoms. The van der Waals surface area contributed by atoms with Crippen LogP contribution < -0.4 is 5.32 Å². The average Bonchev–Trinajstić information content (AvgIpc) is 2.79. The largest absolute Gasteiger partial charge is 0.380 e. The number of benzene rings is 1. The fraction of sp³-hybridized carbons (Fsp3) is 0.600. The first kappa shape index (κ1) is 14.0. The van der Waals surface area contributed by atoms with E-state index in [1.807, 2.05) is 0 Å². The van der Waals surface area contributed by atoms with Crippen LogP contribution in [0, 0.1) is 0 Å². The van der Waals surface area contributed by atoms with Gasteiger partial charge in [-0.2, -0.15) is 0 Å². The van der Waals surface area contributed by atoms with Crippen molar-refractivity contribution in [3.8, 4) is 0 Å². The highest BCUT2D eigenvalue weighted by Gasteiger charge is 2.22. The number of fused-ring (bicyclic) bond motifs is 1. The van der Waals surface area contributed by atoms with Gasteiger partial charge in [0.25, 0.3) is 0 Å². The molecule has 3 heteroatoms. The van der Waals surface area contributed by atoms with Gasteiger partial charge in [0.1, 0.15) is 0 Å². The quantitative estimate of drug-likeness (QED) is 0.772. The maximum absolute atomic E-state index is 5.57. The van der Waals surface area contributed by atoms with Gasteiger partial charge in [-0.05, 0) is 36.5 Å². The Balaban J connectivity index is 1.75. The summed E-state index contributed by atoms with van der Waals surface area (Å²) in [6.45, 7) is 4.85. The maximum atomic E-state index is 5.57. The molecule has 0 aromatic heterocycles. The molecular formula is C15H22BrNO. The highest BCUT2D eigenvalue weighted by atomic mass is 79.9.